The monoisotopic (exact) mass is 232 g/mol. The number of rotatable bonds is 5. The lowest BCUT2D eigenvalue weighted by molar-refractivity contribution is 0.0537. The van der Waals surface area contributed by atoms with Gasteiger partial charge in [-0.05, 0) is 11.6 Å². The summed E-state index contributed by atoms with van der Waals surface area (Å²) < 4.78 is 9.49. The molecule has 1 atom stereocenters. The van der Waals surface area contributed by atoms with Gasteiger partial charge in [-0.2, -0.15) is 0 Å². The lowest BCUT2D eigenvalue weighted by atomic mass is 10.1. The van der Waals surface area contributed by atoms with Crippen molar-refractivity contribution in [2.45, 2.75) is 12.5 Å². The smallest absolute Gasteiger partial charge is 0.438 e. The van der Waals surface area contributed by atoms with Gasteiger partial charge in [0.1, 0.15) is 6.10 Å². The van der Waals surface area contributed by atoms with E-state index < -0.39 is 6.16 Å². The van der Waals surface area contributed by atoms with Crippen LogP contribution in [0, 0.1) is 0 Å². The molecule has 3 nitrogen and oxygen atoms in total. The zero-order valence-electron chi connectivity index (χ0n) is 9.84. The molecule has 0 fully saturated rings. The number of hydrogen-bond donors (Lipinski definition) is 0. The van der Waals surface area contributed by atoms with E-state index in [1.165, 1.54) is 7.11 Å². The van der Waals surface area contributed by atoms with Crippen LogP contribution in [0.3, 0.4) is 0 Å². The topological polar surface area (TPSA) is 35.5 Å². The van der Waals surface area contributed by atoms with Crippen molar-refractivity contribution in [2.75, 3.05) is 7.11 Å². The van der Waals surface area contributed by atoms with Crippen LogP contribution in [0.15, 0.2) is 49.1 Å². The molecule has 0 aliphatic carbocycles. The van der Waals surface area contributed by atoms with Crippen LogP contribution < -0.4 is 0 Å². The summed E-state index contributed by atoms with van der Waals surface area (Å²) in [4.78, 5) is 11.0. The number of benzene rings is 1. The SMILES string of the molecule is C=CCC(/C=C/c1ccccc1)OC(=O)OC. The third kappa shape index (κ3) is 5.02. The van der Waals surface area contributed by atoms with Crippen molar-refractivity contribution in [1.82, 2.24) is 0 Å². The van der Waals surface area contributed by atoms with E-state index in [2.05, 4.69) is 11.3 Å². The zero-order chi connectivity index (χ0) is 12.5. The average molecular weight is 232 g/mol. The zero-order valence-corrected chi connectivity index (χ0v) is 9.84. The second-order valence-corrected chi connectivity index (χ2v) is 3.40. The predicted octanol–water partition coefficient (Wildman–Crippen LogP) is 3.43. The average Bonchev–Trinajstić information content (AvgIpc) is 2.37. The molecule has 0 saturated carbocycles. The first-order valence-corrected chi connectivity index (χ1v) is 5.35. The van der Waals surface area contributed by atoms with Gasteiger partial charge in [0.05, 0.1) is 7.11 Å². The first kappa shape index (κ1) is 13.0. The van der Waals surface area contributed by atoms with Gasteiger partial charge in [0, 0.05) is 6.42 Å². The van der Waals surface area contributed by atoms with Crippen molar-refractivity contribution in [3.8, 4) is 0 Å². The Morgan fingerprint density at radius 3 is 2.71 bits per heavy atom. The van der Waals surface area contributed by atoms with Gasteiger partial charge in [-0.25, -0.2) is 4.79 Å². The van der Waals surface area contributed by atoms with E-state index in [0.29, 0.717) is 6.42 Å². The Morgan fingerprint density at radius 2 is 2.12 bits per heavy atom. The normalized spacial score (nSPS) is 12.1. The second-order valence-electron chi connectivity index (χ2n) is 3.40. The molecule has 0 N–H and O–H groups in total. The quantitative estimate of drug-likeness (QED) is 0.576. The fraction of sp³-hybridized carbons (Fsp3) is 0.214. The van der Waals surface area contributed by atoms with Gasteiger partial charge < -0.3 is 9.47 Å². The predicted molar refractivity (Wildman–Crippen MR) is 67.6 cm³/mol. The summed E-state index contributed by atoms with van der Waals surface area (Å²) in [5, 5.41) is 0. The van der Waals surface area contributed by atoms with Crippen molar-refractivity contribution in [1.29, 1.82) is 0 Å². The first-order valence-electron chi connectivity index (χ1n) is 5.35. The molecule has 0 bridgehead atoms. The fourth-order valence-electron chi connectivity index (χ4n) is 1.28. The summed E-state index contributed by atoms with van der Waals surface area (Å²) in [7, 11) is 1.29. The molecule has 0 aliphatic heterocycles. The van der Waals surface area contributed by atoms with Gasteiger partial charge in [0.2, 0.25) is 0 Å². The summed E-state index contributed by atoms with van der Waals surface area (Å²) in [6, 6.07) is 9.79. The largest absolute Gasteiger partial charge is 0.508 e. The highest BCUT2D eigenvalue weighted by molar-refractivity contribution is 5.60. The minimum absolute atomic E-state index is 0.347. The Morgan fingerprint density at radius 1 is 1.41 bits per heavy atom. The third-order valence-corrected chi connectivity index (χ3v) is 2.12. The number of carbonyl (C=O) groups excluding carboxylic acids is 1. The molecule has 1 aromatic carbocycles. The fourth-order valence-corrected chi connectivity index (χ4v) is 1.28. The third-order valence-electron chi connectivity index (χ3n) is 2.12. The van der Waals surface area contributed by atoms with Gasteiger partial charge in [-0.3, -0.25) is 0 Å². The van der Waals surface area contributed by atoms with Crippen molar-refractivity contribution in [2.24, 2.45) is 0 Å². The maximum absolute atomic E-state index is 11.0. The summed E-state index contributed by atoms with van der Waals surface area (Å²) in [6.45, 7) is 3.62. The minimum atomic E-state index is -0.686. The molecule has 90 valence electrons. The highest BCUT2D eigenvalue weighted by Crippen LogP contribution is 2.07. The second kappa shape index (κ2) is 7.28. The molecule has 0 aromatic heterocycles. The molecule has 0 amide bonds. The summed E-state index contributed by atoms with van der Waals surface area (Å²) in [5.41, 5.74) is 1.05. The van der Waals surface area contributed by atoms with E-state index in [1.807, 2.05) is 42.5 Å². The Kier molecular flexibility index (Phi) is 5.58. The van der Waals surface area contributed by atoms with E-state index in [-0.39, 0.29) is 6.10 Å². The van der Waals surface area contributed by atoms with Crippen molar-refractivity contribution >= 4 is 12.2 Å². The Hall–Kier alpha value is -2.03. The van der Waals surface area contributed by atoms with Crippen LogP contribution in [0.25, 0.3) is 6.08 Å². The van der Waals surface area contributed by atoms with Crippen LogP contribution in [-0.2, 0) is 9.47 Å². The highest BCUT2D eigenvalue weighted by atomic mass is 16.7. The molecular formula is C14H16O3. The molecule has 1 unspecified atom stereocenters. The van der Waals surface area contributed by atoms with Gasteiger partial charge in [0.25, 0.3) is 0 Å². The van der Waals surface area contributed by atoms with Gasteiger partial charge in [-0.15, -0.1) is 6.58 Å². The number of methoxy groups -OCH3 is 1. The lowest BCUT2D eigenvalue weighted by Gasteiger charge is -2.10. The Balaban J connectivity index is 2.62. The molecule has 3 heteroatoms. The molecule has 0 spiro atoms. The number of ether oxygens (including phenoxy) is 2. The van der Waals surface area contributed by atoms with E-state index in [0.717, 1.165) is 5.56 Å². The first-order chi connectivity index (χ1) is 8.26. The van der Waals surface area contributed by atoms with E-state index >= 15 is 0 Å². The number of carbonyl (C=O) groups is 1. The van der Waals surface area contributed by atoms with Crippen molar-refractivity contribution in [3.05, 3.63) is 54.6 Å². The molecule has 0 saturated heterocycles. The molecule has 0 heterocycles. The van der Waals surface area contributed by atoms with Crippen LogP contribution in [0.2, 0.25) is 0 Å². The van der Waals surface area contributed by atoms with Crippen molar-refractivity contribution in [3.63, 3.8) is 0 Å². The van der Waals surface area contributed by atoms with Crippen LogP contribution >= 0.6 is 0 Å². The molecule has 1 rings (SSSR count). The minimum Gasteiger partial charge on any atom is -0.438 e. The lowest BCUT2D eigenvalue weighted by Crippen LogP contribution is -2.15. The van der Waals surface area contributed by atoms with Crippen LogP contribution in [-0.4, -0.2) is 19.4 Å². The molecule has 1 aromatic rings. The van der Waals surface area contributed by atoms with E-state index in [4.69, 9.17) is 4.74 Å². The highest BCUT2D eigenvalue weighted by Gasteiger charge is 2.09. The van der Waals surface area contributed by atoms with Gasteiger partial charge in [-0.1, -0.05) is 42.5 Å². The molecule has 0 aliphatic rings. The van der Waals surface area contributed by atoms with Crippen LogP contribution in [0.4, 0.5) is 4.79 Å². The molecule has 0 radical (unpaired) electrons. The van der Waals surface area contributed by atoms with Crippen LogP contribution in [0.5, 0.6) is 0 Å². The standard InChI is InChI=1S/C14H16O3/c1-3-7-13(17-14(15)16-2)11-10-12-8-5-4-6-9-12/h3-6,8-11,13H,1,7H2,2H3/b11-10+. The maximum Gasteiger partial charge on any atom is 0.508 e. The van der Waals surface area contributed by atoms with Gasteiger partial charge in [0.15, 0.2) is 0 Å². The van der Waals surface area contributed by atoms with Crippen LogP contribution in [0.1, 0.15) is 12.0 Å². The maximum atomic E-state index is 11.0. The summed E-state index contributed by atoms with van der Waals surface area (Å²) >= 11 is 0. The molecular weight excluding hydrogens is 216 g/mol. The summed E-state index contributed by atoms with van der Waals surface area (Å²) in [6.07, 6.45) is 4.93. The molecule has 17 heavy (non-hydrogen) atoms. The summed E-state index contributed by atoms with van der Waals surface area (Å²) in [5.74, 6) is 0. The van der Waals surface area contributed by atoms with E-state index in [1.54, 1.807) is 6.08 Å². The number of hydrogen-bond acceptors (Lipinski definition) is 3. The van der Waals surface area contributed by atoms with E-state index in [9.17, 15) is 4.79 Å². The van der Waals surface area contributed by atoms with Gasteiger partial charge >= 0.3 is 6.16 Å². The Labute approximate surface area is 101 Å². The van der Waals surface area contributed by atoms with Crippen molar-refractivity contribution < 1.29 is 14.3 Å². The Bertz CT molecular complexity index is 382.